The number of guanidine groups is 1. The summed E-state index contributed by atoms with van der Waals surface area (Å²) >= 11 is 0. The zero-order valence-corrected chi connectivity index (χ0v) is 18.6. The van der Waals surface area contributed by atoms with Crippen molar-refractivity contribution in [2.45, 2.75) is 51.6 Å². The van der Waals surface area contributed by atoms with E-state index in [9.17, 15) is 0 Å². The van der Waals surface area contributed by atoms with Crippen molar-refractivity contribution < 1.29 is 14.2 Å². The lowest BCUT2D eigenvalue weighted by molar-refractivity contribution is 0.0169. The number of hydrogen-bond acceptors (Lipinski definition) is 4. The molecule has 0 amide bonds. The van der Waals surface area contributed by atoms with Gasteiger partial charge in [0.2, 0.25) is 0 Å². The standard InChI is InChI=1S/C18H37N3O3.HI/c1-4-24-17(16-8-5-6-9-16)10-12-21-18(19-2)20-11-7-13-23-15-14-22-3;/h16-17H,4-15H2,1-3H3,(H2,19,20,21);1H. The van der Waals surface area contributed by atoms with Crippen LogP contribution < -0.4 is 10.6 Å². The third-order valence-electron chi connectivity index (χ3n) is 4.44. The van der Waals surface area contributed by atoms with E-state index < -0.39 is 0 Å². The summed E-state index contributed by atoms with van der Waals surface area (Å²) in [5.74, 6) is 1.60. The van der Waals surface area contributed by atoms with E-state index >= 15 is 0 Å². The molecule has 0 heterocycles. The molecule has 1 fully saturated rings. The van der Waals surface area contributed by atoms with Gasteiger partial charge in [-0.25, -0.2) is 0 Å². The van der Waals surface area contributed by atoms with Crippen LogP contribution in [0.1, 0.15) is 45.4 Å². The van der Waals surface area contributed by atoms with Crippen molar-refractivity contribution >= 4 is 29.9 Å². The van der Waals surface area contributed by atoms with Crippen LogP contribution in [0.25, 0.3) is 0 Å². The second-order valence-corrected chi connectivity index (χ2v) is 6.21. The second-order valence-electron chi connectivity index (χ2n) is 6.21. The average Bonchev–Trinajstić information content (AvgIpc) is 3.13. The fraction of sp³-hybridized carbons (Fsp3) is 0.944. The summed E-state index contributed by atoms with van der Waals surface area (Å²) in [5, 5.41) is 6.71. The zero-order chi connectivity index (χ0) is 17.5. The van der Waals surface area contributed by atoms with Gasteiger partial charge in [0, 0.05) is 40.5 Å². The van der Waals surface area contributed by atoms with E-state index in [-0.39, 0.29) is 24.0 Å². The van der Waals surface area contributed by atoms with Gasteiger partial charge in [0.25, 0.3) is 0 Å². The third kappa shape index (κ3) is 12.0. The monoisotopic (exact) mass is 471 g/mol. The van der Waals surface area contributed by atoms with Gasteiger partial charge >= 0.3 is 0 Å². The van der Waals surface area contributed by atoms with E-state index in [1.807, 2.05) is 0 Å². The molecule has 0 aromatic carbocycles. The maximum absolute atomic E-state index is 5.96. The first kappa shape index (κ1) is 24.9. The minimum atomic E-state index is 0. The molecule has 25 heavy (non-hydrogen) atoms. The number of ether oxygens (including phenoxy) is 3. The molecule has 1 aliphatic carbocycles. The highest BCUT2D eigenvalue weighted by Crippen LogP contribution is 2.30. The van der Waals surface area contributed by atoms with Crippen LogP contribution in [0.4, 0.5) is 0 Å². The lowest BCUT2D eigenvalue weighted by Crippen LogP contribution is -2.40. The molecule has 2 N–H and O–H groups in total. The number of hydrogen-bond donors (Lipinski definition) is 2. The lowest BCUT2D eigenvalue weighted by atomic mass is 9.98. The quantitative estimate of drug-likeness (QED) is 0.187. The predicted octanol–water partition coefficient (Wildman–Crippen LogP) is 2.81. The van der Waals surface area contributed by atoms with Gasteiger partial charge in [-0.3, -0.25) is 4.99 Å². The van der Waals surface area contributed by atoms with E-state index in [4.69, 9.17) is 14.2 Å². The zero-order valence-electron chi connectivity index (χ0n) is 16.2. The molecule has 0 bridgehead atoms. The maximum Gasteiger partial charge on any atom is 0.190 e. The Morgan fingerprint density at radius 2 is 1.84 bits per heavy atom. The van der Waals surface area contributed by atoms with E-state index in [0.717, 1.165) is 51.0 Å². The molecule has 6 nitrogen and oxygen atoms in total. The van der Waals surface area contributed by atoms with Crippen molar-refractivity contribution in [1.29, 1.82) is 0 Å². The Bertz CT molecular complexity index is 327. The largest absolute Gasteiger partial charge is 0.382 e. The smallest absolute Gasteiger partial charge is 0.190 e. The number of nitrogens with zero attached hydrogens (tertiary/aromatic N) is 1. The molecule has 1 aliphatic rings. The van der Waals surface area contributed by atoms with E-state index in [2.05, 4.69) is 22.5 Å². The number of halogens is 1. The normalized spacial score (nSPS) is 16.5. The first-order valence-corrected chi connectivity index (χ1v) is 9.44. The molecule has 150 valence electrons. The predicted molar refractivity (Wildman–Crippen MR) is 114 cm³/mol. The van der Waals surface area contributed by atoms with Gasteiger partial charge in [-0.1, -0.05) is 12.8 Å². The maximum atomic E-state index is 5.96. The summed E-state index contributed by atoms with van der Waals surface area (Å²) < 4.78 is 16.3. The Morgan fingerprint density at radius 1 is 1.12 bits per heavy atom. The molecule has 0 aromatic heterocycles. The topological polar surface area (TPSA) is 64.1 Å². The number of aliphatic imine (C=N–C) groups is 1. The van der Waals surface area contributed by atoms with Crippen LogP contribution in [0.5, 0.6) is 0 Å². The number of nitrogens with one attached hydrogen (secondary N) is 2. The lowest BCUT2D eigenvalue weighted by Gasteiger charge is -2.24. The van der Waals surface area contributed by atoms with Crippen molar-refractivity contribution in [2.24, 2.45) is 10.9 Å². The number of methoxy groups -OCH3 is 1. The summed E-state index contributed by atoms with van der Waals surface area (Å²) in [6.45, 7) is 6.68. The van der Waals surface area contributed by atoms with Gasteiger partial charge in [0.05, 0.1) is 19.3 Å². The Hall–Kier alpha value is -0.120. The van der Waals surface area contributed by atoms with Crippen LogP contribution in [0.3, 0.4) is 0 Å². The number of rotatable bonds is 13. The van der Waals surface area contributed by atoms with Crippen molar-refractivity contribution in [2.75, 3.05) is 53.7 Å². The Kier molecular flexibility index (Phi) is 17.2. The second kappa shape index (κ2) is 17.3. The molecule has 1 unspecified atom stereocenters. The Labute approximate surface area is 170 Å². The van der Waals surface area contributed by atoms with Gasteiger partial charge in [-0.2, -0.15) is 0 Å². The first-order valence-electron chi connectivity index (χ1n) is 9.44. The minimum absolute atomic E-state index is 0. The molecular weight excluding hydrogens is 433 g/mol. The van der Waals surface area contributed by atoms with Crippen LogP contribution in [0, 0.1) is 5.92 Å². The van der Waals surface area contributed by atoms with E-state index in [1.54, 1.807) is 14.2 Å². The van der Waals surface area contributed by atoms with Crippen molar-refractivity contribution in [1.82, 2.24) is 10.6 Å². The van der Waals surface area contributed by atoms with Crippen molar-refractivity contribution in [3.63, 3.8) is 0 Å². The fourth-order valence-electron chi connectivity index (χ4n) is 3.18. The summed E-state index contributed by atoms with van der Waals surface area (Å²) in [7, 11) is 3.49. The van der Waals surface area contributed by atoms with Crippen LogP contribution in [-0.4, -0.2) is 65.7 Å². The van der Waals surface area contributed by atoms with Gasteiger partial charge in [0.15, 0.2) is 5.96 Å². The molecule has 7 heteroatoms. The Morgan fingerprint density at radius 3 is 2.48 bits per heavy atom. The van der Waals surface area contributed by atoms with Gasteiger partial charge in [-0.05, 0) is 38.5 Å². The summed E-state index contributed by atoms with van der Waals surface area (Å²) in [4.78, 5) is 4.27. The molecule has 0 aliphatic heterocycles. The highest BCUT2D eigenvalue weighted by molar-refractivity contribution is 14.0. The van der Waals surface area contributed by atoms with Crippen LogP contribution >= 0.6 is 24.0 Å². The highest BCUT2D eigenvalue weighted by atomic mass is 127. The van der Waals surface area contributed by atoms with Gasteiger partial charge in [0.1, 0.15) is 0 Å². The van der Waals surface area contributed by atoms with Crippen molar-refractivity contribution in [3.8, 4) is 0 Å². The van der Waals surface area contributed by atoms with Crippen molar-refractivity contribution in [3.05, 3.63) is 0 Å². The fourth-order valence-corrected chi connectivity index (χ4v) is 3.18. The van der Waals surface area contributed by atoms with Gasteiger partial charge in [-0.15, -0.1) is 24.0 Å². The van der Waals surface area contributed by atoms with Crippen LogP contribution in [0.15, 0.2) is 4.99 Å². The van der Waals surface area contributed by atoms with Crippen LogP contribution in [-0.2, 0) is 14.2 Å². The minimum Gasteiger partial charge on any atom is -0.382 e. The molecule has 0 aromatic rings. The Balaban J connectivity index is 0.00000576. The SMILES string of the molecule is CCOC(CCNC(=NC)NCCCOCCOC)C1CCCC1.I. The van der Waals surface area contributed by atoms with E-state index in [0.29, 0.717) is 19.3 Å². The molecule has 1 rings (SSSR count). The molecule has 0 spiro atoms. The van der Waals surface area contributed by atoms with Gasteiger partial charge < -0.3 is 24.8 Å². The molecule has 1 atom stereocenters. The third-order valence-corrected chi connectivity index (χ3v) is 4.44. The first-order chi connectivity index (χ1) is 11.8. The van der Waals surface area contributed by atoms with E-state index in [1.165, 1.54) is 25.7 Å². The summed E-state index contributed by atoms with van der Waals surface area (Å²) in [5.41, 5.74) is 0. The average molecular weight is 471 g/mol. The molecular formula is C18H38IN3O3. The molecule has 0 radical (unpaired) electrons. The molecule has 1 saturated carbocycles. The molecule has 0 saturated heterocycles. The highest BCUT2D eigenvalue weighted by Gasteiger charge is 2.24. The van der Waals surface area contributed by atoms with Crippen LogP contribution in [0.2, 0.25) is 0 Å². The summed E-state index contributed by atoms with van der Waals surface area (Å²) in [6, 6.07) is 0. The summed E-state index contributed by atoms with van der Waals surface area (Å²) in [6.07, 6.45) is 7.74.